The second-order valence-corrected chi connectivity index (χ2v) is 5.98. The van der Waals surface area contributed by atoms with Crippen LogP contribution in [0.2, 0.25) is 5.02 Å². The molecule has 1 aliphatic carbocycles. The van der Waals surface area contributed by atoms with Gasteiger partial charge in [0.25, 0.3) is 0 Å². The maximum absolute atomic E-state index is 6.11. The molecule has 0 saturated heterocycles. The van der Waals surface area contributed by atoms with E-state index in [-0.39, 0.29) is 0 Å². The first kappa shape index (κ1) is 10.0. The number of hydrogen-bond acceptors (Lipinski definition) is 1. The molecule has 1 heterocycles. The van der Waals surface area contributed by atoms with Crippen molar-refractivity contribution in [1.29, 1.82) is 0 Å². The third-order valence-corrected chi connectivity index (χ3v) is 6.16. The predicted octanol–water partition coefficient (Wildman–Crippen LogP) is 5.03. The molecule has 1 unspecified atom stereocenters. The molecule has 1 aromatic heterocycles. The summed E-state index contributed by atoms with van der Waals surface area (Å²) in [5, 5.41) is 2.99. The summed E-state index contributed by atoms with van der Waals surface area (Å²) in [6, 6.07) is 1.99. The fourth-order valence-electron chi connectivity index (χ4n) is 1.71. The number of rotatable bonds is 3. The third-order valence-electron chi connectivity index (χ3n) is 3.01. The molecule has 0 spiro atoms. The molecule has 0 nitrogen and oxygen atoms in total. The average Bonchev–Trinajstić information content (AvgIpc) is 2.83. The minimum atomic E-state index is 0.470. The van der Waals surface area contributed by atoms with E-state index in [2.05, 4.69) is 28.2 Å². The van der Waals surface area contributed by atoms with E-state index < -0.39 is 0 Å². The van der Waals surface area contributed by atoms with Crippen LogP contribution < -0.4 is 0 Å². The molecule has 0 radical (unpaired) electrons. The maximum Gasteiger partial charge on any atom is 0.0560 e. The van der Waals surface area contributed by atoms with Gasteiger partial charge in [0.15, 0.2) is 0 Å². The summed E-state index contributed by atoms with van der Waals surface area (Å²) < 4.78 is 0. The van der Waals surface area contributed by atoms with Gasteiger partial charge in [-0.25, -0.2) is 0 Å². The average molecular weight is 280 g/mol. The molecule has 1 fully saturated rings. The summed E-state index contributed by atoms with van der Waals surface area (Å²) in [6.45, 7) is 2.27. The van der Waals surface area contributed by atoms with Crippen molar-refractivity contribution in [3.05, 3.63) is 21.3 Å². The highest BCUT2D eigenvalue weighted by Gasteiger charge is 2.48. The van der Waals surface area contributed by atoms with E-state index in [9.17, 15) is 0 Å². The molecule has 72 valence electrons. The lowest BCUT2D eigenvalue weighted by molar-refractivity contribution is 0.488. The number of hydrogen-bond donors (Lipinski definition) is 0. The van der Waals surface area contributed by atoms with Gasteiger partial charge in [0.1, 0.15) is 0 Å². The van der Waals surface area contributed by atoms with Crippen LogP contribution in [0.25, 0.3) is 0 Å². The molecule has 1 saturated carbocycles. The summed E-state index contributed by atoms with van der Waals surface area (Å²) in [7, 11) is 0. The van der Waals surface area contributed by atoms with Crippen molar-refractivity contribution in [2.75, 3.05) is 0 Å². The molecule has 3 heteroatoms. The van der Waals surface area contributed by atoms with E-state index >= 15 is 0 Å². The zero-order valence-electron chi connectivity index (χ0n) is 7.52. The van der Waals surface area contributed by atoms with E-state index in [1.165, 1.54) is 24.1 Å². The Morgan fingerprint density at radius 3 is 2.77 bits per heavy atom. The van der Waals surface area contributed by atoms with Gasteiger partial charge in [-0.15, -0.1) is 11.3 Å². The van der Waals surface area contributed by atoms with Crippen molar-refractivity contribution >= 4 is 38.9 Å². The van der Waals surface area contributed by atoms with E-state index in [0.29, 0.717) is 10.2 Å². The molecule has 0 bridgehead atoms. The van der Waals surface area contributed by atoms with Gasteiger partial charge in [0.2, 0.25) is 0 Å². The zero-order chi connectivity index (χ0) is 9.47. The second kappa shape index (κ2) is 3.56. The van der Waals surface area contributed by atoms with Crippen LogP contribution in [-0.4, -0.2) is 0 Å². The van der Waals surface area contributed by atoms with Crippen LogP contribution in [0.5, 0.6) is 0 Å². The van der Waals surface area contributed by atoms with Gasteiger partial charge >= 0.3 is 0 Å². The summed E-state index contributed by atoms with van der Waals surface area (Å²) in [5.41, 5.74) is 0.508. The normalized spacial score (nSPS) is 21.5. The van der Waals surface area contributed by atoms with Crippen LogP contribution in [0, 0.1) is 5.41 Å². The molecule has 0 aliphatic heterocycles. The molecule has 2 rings (SSSR count). The lowest BCUT2D eigenvalue weighted by Crippen LogP contribution is -2.05. The maximum atomic E-state index is 6.11. The molecule has 1 atom stereocenters. The highest BCUT2D eigenvalue weighted by atomic mass is 79.9. The third kappa shape index (κ3) is 1.69. The van der Waals surface area contributed by atoms with Gasteiger partial charge in [-0.3, -0.25) is 0 Å². The van der Waals surface area contributed by atoms with Crippen LogP contribution >= 0.6 is 38.9 Å². The smallest absolute Gasteiger partial charge is 0.0560 e. The Morgan fingerprint density at radius 2 is 2.38 bits per heavy atom. The molecule has 0 N–H and O–H groups in total. The van der Waals surface area contributed by atoms with E-state index in [1.54, 1.807) is 11.3 Å². The Hall–Kier alpha value is 0.470. The Kier molecular flexibility index (Phi) is 2.74. The summed E-state index contributed by atoms with van der Waals surface area (Å²) in [6.07, 6.45) is 3.93. The predicted molar refractivity (Wildman–Crippen MR) is 63.0 cm³/mol. The van der Waals surface area contributed by atoms with Gasteiger partial charge < -0.3 is 0 Å². The Balaban J connectivity index is 2.22. The lowest BCUT2D eigenvalue weighted by Gasteiger charge is -2.19. The number of alkyl halides is 1. The highest BCUT2D eigenvalue weighted by molar-refractivity contribution is 9.09. The van der Waals surface area contributed by atoms with Gasteiger partial charge in [-0.1, -0.05) is 34.5 Å². The van der Waals surface area contributed by atoms with Crippen LogP contribution in [0.3, 0.4) is 0 Å². The molecule has 1 aliphatic rings. The first-order valence-corrected chi connectivity index (χ1v) is 6.74. The highest BCUT2D eigenvalue weighted by Crippen LogP contribution is 2.62. The topological polar surface area (TPSA) is 0 Å². The summed E-state index contributed by atoms with van der Waals surface area (Å²) >= 11 is 11.7. The van der Waals surface area contributed by atoms with Crippen LogP contribution in [0.15, 0.2) is 11.4 Å². The minimum Gasteiger partial charge on any atom is -0.146 e. The van der Waals surface area contributed by atoms with Crippen LogP contribution in [0.1, 0.15) is 35.9 Å². The number of halogens is 2. The van der Waals surface area contributed by atoms with E-state index in [4.69, 9.17) is 11.6 Å². The van der Waals surface area contributed by atoms with Gasteiger partial charge in [-0.05, 0) is 36.1 Å². The van der Waals surface area contributed by atoms with Crippen LogP contribution in [0.4, 0.5) is 0 Å². The molecule has 1 aromatic rings. The van der Waals surface area contributed by atoms with Crippen molar-refractivity contribution < 1.29 is 0 Å². The Morgan fingerprint density at radius 1 is 1.69 bits per heavy atom. The summed E-state index contributed by atoms with van der Waals surface area (Å²) in [5.74, 6) is 0. The van der Waals surface area contributed by atoms with Gasteiger partial charge in [0.05, 0.1) is 9.85 Å². The molecular formula is C10H12BrClS. The van der Waals surface area contributed by atoms with Crippen molar-refractivity contribution in [2.24, 2.45) is 5.41 Å². The monoisotopic (exact) mass is 278 g/mol. The second-order valence-electron chi connectivity index (χ2n) is 3.71. The van der Waals surface area contributed by atoms with Crippen molar-refractivity contribution in [2.45, 2.75) is 31.0 Å². The lowest BCUT2D eigenvalue weighted by atomic mass is 9.98. The van der Waals surface area contributed by atoms with E-state index in [0.717, 1.165) is 5.02 Å². The molecule has 0 aromatic carbocycles. The molecule has 0 amide bonds. The molecule has 13 heavy (non-hydrogen) atoms. The summed E-state index contributed by atoms with van der Waals surface area (Å²) in [4.78, 5) is 1.78. The van der Waals surface area contributed by atoms with Crippen molar-refractivity contribution in [3.63, 3.8) is 0 Å². The van der Waals surface area contributed by atoms with Gasteiger partial charge in [-0.2, -0.15) is 0 Å². The fourth-order valence-corrected chi connectivity index (χ4v) is 4.48. The van der Waals surface area contributed by atoms with Gasteiger partial charge in [0, 0.05) is 4.88 Å². The van der Waals surface area contributed by atoms with Crippen molar-refractivity contribution in [1.82, 2.24) is 0 Å². The Labute approximate surface area is 96.4 Å². The van der Waals surface area contributed by atoms with Crippen LogP contribution in [-0.2, 0) is 0 Å². The Bertz CT molecular complexity index is 304. The minimum absolute atomic E-state index is 0.470. The number of thiophene rings is 1. The standard InChI is InChI=1S/C10H12BrClS/c1-2-10(4-5-10)9(11)8-7(12)3-6-13-8/h3,6,9H,2,4-5H2,1H3. The zero-order valence-corrected chi connectivity index (χ0v) is 10.7. The SMILES string of the molecule is CCC1(C(Br)c2sccc2Cl)CC1. The van der Waals surface area contributed by atoms with Crippen molar-refractivity contribution in [3.8, 4) is 0 Å². The quantitative estimate of drug-likeness (QED) is 0.681. The van der Waals surface area contributed by atoms with E-state index in [1.807, 2.05) is 6.07 Å². The molecular weight excluding hydrogens is 268 g/mol. The fraction of sp³-hybridized carbons (Fsp3) is 0.600. The first-order valence-electron chi connectivity index (χ1n) is 4.56. The largest absolute Gasteiger partial charge is 0.146 e. The first-order chi connectivity index (χ1) is 6.19.